The van der Waals surface area contributed by atoms with E-state index in [1.54, 1.807) is 0 Å². The van der Waals surface area contributed by atoms with Crippen molar-refractivity contribution in [2.45, 2.75) is 83.0 Å². The van der Waals surface area contributed by atoms with E-state index >= 15 is 0 Å². The molecule has 3 rings (SSSR count). The zero-order valence-corrected chi connectivity index (χ0v) is 34.3. The van der Waals surface area contributed by atoms with Crippen molar-refractivity contribution in [2.75, 3.05) is 44.4 Å². The summed E-state index contributed by atoms with van der Waals surface area (Å²) in [6, 6.07) is 0. The van der Waals surface area contributed by atoms with E-state index in [1.165, 1.54) is 13.8 Å². The highest BCUT2D eigenvalue weighted by molar-refractivity contribution is 8.13. The Bertz CT molecular complexity index is 1820. The molecule has 0 bridgehead atoms. The fraction of sp³-hybridized carbons (Fsp3) is 0.714. The number of imidazole rings is 1. The minimum Gasteiger partial charge on any atom is -0.396 e. The van der Waals surface area contributed by atoms with Gasteiger partial charge in [-0.3, -0.25) is 32.5 Å². The Hall–Kier alpha value is -2.48. The fourth-order valence-corrected chi connectivity index (χ4v) is 8.65. The van der Waals surface area contributed by atoms with Crippen LogP contribution in [0.4, 0.5) is 5.82 Å². The summed E-state index contributed by atoms with van der Waals surface area (Å²) in [6.07, 6.45) is -3.45. The van der Waals surface area contributed by atoms with Crippen molar-refractivity contribution in [3.63, 3.8) is 0 Å². The molecule has 7 atom stereocenters. The molecule has 2 aromatic heterocycles. The summed E-state index contributed by atoms with van der Waals surface area (Å²) < 4.78 is 62.1. The largest absolute Gasteiger partial charge is 0.481 e. The van der Waals surface area contributed by atoms with Crippen molar-refractivity contribution in [3.8, 4) is 0 Å². The van der Waals surface area contributed by atoms with Crippen LogP contribution < -0.4 is 16.4 Å². The first-order valence-electron chi connectivity index (χ1n) is 17.2. The van der Waals surface area contributed by atoms with Crippen molar-refractivity contribution in [1.29, 1.82) is 0 Å². The lowest BCUT2D eigenvalue weighted by atomic mass is 9.87. The third-order valence-electron chi connectivity index (χ3n) is 8.05. The summed E-state index contributed by atoms with van der Waals surface area (Å²) in [5.41, 5.74) is 4.25. The van der Waals surface area contributed by atoms with Gasteiger partial charge in [-0.05, 0) is 12.8 Å². The van der Waals surface area contributed by atoms with Crippen molar-refractivity contribution >= 4 is 69.1 Å². The number of ether oxygens (including phenoxy) is 1. The van der Waals surface area contributed by atoms with Crippen LogP contribution in [0.3, 0.4) is 0 Å². The quantitative estimate of drug-likeness (QED) is 0.0448. The Morgan fingerprint density at radius 2 is 1.68 bits per heavy atom. The first-order valence-corrected chi connectivity index (χ1v) is 22.7. The predicted octanol–water partition coefficient (Wildman–Crippen LogP) is -0.392. The number of unbranched alkanes of at least 4 members (excludes halogenated alkanes) is 3. The third kappa shape index (κ3) is 15.9. The second-order valence-corrected chi connectivity index (χ2v) is 18.6. The maximum Gasteiger partial charge on any atom is 0.481 e. The molecule has 57 heavy (non-hydrogen) atoms. The number of hydrogen-bond donors (Lipinski definition) is 10. The molecule has 2 unspecified atom stereocenters. The Balaban J connectivity index is 1.45. The van der Waals surface area contributed by atoms with Gasteiger partial charge in [0.25, 0.3) is 0 Å². The van der Waals surface area contributed by atoms with E-state index in [-0.39, 0.29) is 48.2 Å². The lowest BCUT2D eigenvalue weighted by molar-refractivity contribution is -0.137. The number of nitrogens with zero attached hydrogens (tertiary/aromatic N) is 4. The van der Waals surface area contributed by atoms with Gasteiger partial charge in [0.05, 0.1) is 19.5 Å². The van der Waals surface area contributed by atoms with E-state index in [4.69, 9.17) is 24.6 Å². The number of carbonyl (C=O) groups is 3. The number of amides is 2. The van der Waals surface area contributed by atoms with E-state index in [0.717, 1.165) is 48.2 Å². The van der Waals surface area contributed by atoms with Gasteiger partial charge in [0.15, 0.2) is 22.8 Å². The van der Waals surface area contributed by atoms with E-state index in [2.05, 4.69) is 34.4 Å². The van der Waals surface area contributed by atoms with Gasteiger partial charge >= 0.3 is 23.5 Å². The second-order valence-electron chi connectivity index (χ2n) is 13.2. The number of aliphatic hydroxyl groups excluding tert-OH is 3. The fourth-order valence-electron chi connectivity index (χ4n) is 5.10. The molecule has 11 N–H and O–H groups in total. The van der Waals surface area contributed by atoms with Gasteiger partial charge in [-0.1, -0.05) is 38.5 Å². The first kappa shape index (κ1) is 48.9. The molecule has 1 aliphatic heterocycles. The Morgan fingerprint density at radius 1 is 1.00 bits per heavy atom. The smallest absolute Gasteiger partial charge is 0.396 e. The zero-order valence-electron chi connectivity index (χ0n) is 30.8. The summed E-state index contributed by atoms with van der Waals surface area (Å²) in [5.74, 6) is -1.11. The normalized spacial score (nSPS) is 21.5. The van der Waals surface area contributed by atoms with Crippen LogP contribution in [0.1, 0.15) is 58.6 Å². The highest BCUT2D eigenvalue weighted by Crippen LogP contribution is 2.61. The Morgan fingerprint density at radius 3 is 2.37 bits per heavy atom. The standard InChI is InChI=1S/C28H48N7O18P3S/c1-28(2,23(40)26(41)31-9-8-18(37)30-10-12-57-19(38)7-5-3-4-6-11-36)14-50-56(47,48)53-55(45,46)49-13-17-22(52-54(42,43)44)21(39)27(51-17)35-16-34-20-24(29)32-15-33-25(20)35/h15-17,21-23,27,36,39-40H,3-14H2,1-2H3,(H,30,37)(H,31,41)(H,45,46)(H,47,48)(H2,29,32,33)(H2,42,43,44)/t17-,21-,22-,23+,27-/m1/s1. The molecule has 0 aromatic carbocycles. The second kappa shape index (κ2) is 21.7. The van der Waals surface area contributed by atoms with E-state index in [1.807, 2.05) is 0 Å². The van der Waals surface area contributed by atoms with Crippen LogP contribution >= 0.6 is 35.2 Å². The summed E-state index contributed by atoms with van der Waals surface area (Å²) in [7, 11) is -16.4. The molecule has 2 amide bonds. The van der Waals surface area contributed by atoms with Crippen molar-refractivity contribution in [1.82, 2.24) is 30.2 Å². The third-order valence-corrected chi connectivity index (χ3v) is 12.1. The summed E-state index contributed by atoms with van der Waals surface area (Å²) in [4.78, 5) is 87.5. The van der Waals surface area contributed by atoms with E-state index in [0.29, 0.717) is 18.6 Å². The highest BCUT2D eigenvalue weighted by Gasteiger charge is 2.50. The van der Waals surface area contributed by atoms with Crippen molar-refractivity contribution < 1.29 is 85.6 Å². The van der Waals surface area contributed by atoms with Crippen LogP contribution in [-0.4, -0.2) is 134 Å². The molecular weight excluding hydrogens is 847 g/mol. The minimum atomic E-state index is -5.57. The number of anilines is 1. The van der Waals surface area contributed by atoms with Gasteiger partial charge < -0.3 is 56.0 Å². The summed E-state index contributed by atoms with van der Waals surface area (Å²) in [5, 5.41) is 35.1. The monoisotopic (exact) mass is 895 g/mol. The van der Waals surface area contributed by atoms with Crippen LogP contribution in [0.15, 0.2) is 12.7 Å². The predicted molar refractivity (Wildman–Crippen MR) is 197 cm³/mol. The number of nitrogen functional groups attached to an aromatic ring is 1. The molecular formula is C28H48N7O18P3S. The van der Waals surface area contributed by atoms with Gasteiger partial charge in [-0.2, -0.15) is 4.31 Å². The Labute approximate surface area is 329 Å². The molecule has 1 aliphatic rings. The average molecular weight is 896 g/mol. The lowest BCUT2D eigenvalue weighted by Crippen LogP contribution is -2.46. The number of nitrogens with one attached hydrogen (secondary N) is 2. The van der Waals surface area contributed by atoms with Crippen molar-refractivity contribution in [2.24, 2.45) is 5.41 Å². The van der Waals surface area contributed by atoms with Crippen LogP contribution in [0.25, 0.3) is 11.2 Å². The van der Waals surface area contributed by atoms with Crippen molar-refractivity contribution in [3.05, 3.63) is 12.7 Å². The van der Waals surface area contributed by atoms with Gasteiger partial charge in [-0.15, -0.1) is 0 Å². The number of hydrogen-bond acceptors (Lipinski definition) is 19. The molecule has 1 saturated heterocycles. The molecule has 1 fully saturated rings. The molecule has 3 heterocycles. The van der Waals surface area contributed by atoms with Gasteiger partial charge in [-0.25, -0.2) is 28.6 Å². The number of rotatable bonds is 25. The van der Waals surface area contributed by atoms with Crippen LogP contribution in [-0.2, 0) is 50.7 Å². The number of phosphoric acid groups is 3. The molecule has 0 spiro atoms. The number of carbonyl (C=O) groups excluding carboxylic acids is 3. The number of phosphoric ester groups is 3. The number of aliphatic hydroxyl groups is 3. The molecule has 0 aliphatic carbocycles. The molecule has 324 valence electrons. The molecule has 25 nitrogen and oxygen atoms in total. The highest BCUT2D eigenvalue weighted by atomic mass is 32.2. The maximum atomic E-state index is 12.7. The van der Waals surface area contributed by atoms with Gasteiger partial charge in [0, 0.05) is 43.7 Å². The number of aromatic nitrogens is 4. The maximum absolute atomic E-state index is 12.7. The van der Waals surface area contributed by atoms with Crippen LogP contribution in [0.5, 0.6) is 0 Å². The molecule has 29 heteroatoms. The zero-order chi connectivity index (χ0) is 42.6. The summed E-state index contributed by atoms with van der Waals surface area (Å²) >= 11 is 1.08. The molecule has 0 saturated carbocycles. The molecule has 2 aromatic rings. The van der Waals surface area contributed by atoms with Crippen LogP contribution in [0, 0.1) is 5.41 Å². The van der Waals surface area contributed by atoms with Gasteiger partial charge in [0.2, 0.25) is 11.8 Å². The SMILES string of the molecule is CC(C)(COP(=O)(O)OP(=O)(O)OC[C@H]1O[C@@H](n2cnc3c(N)ncnc32)[C@H](O)[C@@H]1OP(=O)(O)O)[C@@H](O)C(=O)NCCC(=O)NCCSC(=O)CCCCCCO. The average Bonchev–Trinajstić information content (AvgIpc) is 3.68. The molecule has 0 radical (unpaired) electrons. The Kier molecular flexibility index (Phi) is 18.6. The van der Waals surface area contributed by atoms with E-state index < -0.39 is 84.6 Å². The first-order chi connectivity index (χ1) is 26.6. The topological polar surface area (TPSA) is 384 Å². The van der Waals surface area contributed by atoms with E-state index in [9.17, 15) is 57.9 Å². The van der Waals surface area contributed by atoms with Crippen LogP contribution in [0.2, 0.25) is 0 Å². The number of nitrogens with two attached hydrogens (primary N) is 1. The number of thioether (sulfide) groups is 1. The minimum absolute atomic E-state index is 0.00909. The van der Waals surface area contributed by atoms with Gasteiger partial charge in [0.1, 0.15) is 36.3 Å². The number of fused-ring (bicyclic) bond motifs is 1. The summed E-state index contributed by atoms with van der Waals surface area (Å²) in [6.45, 7) is 0.593. The lowest BCUT2D eigenvalue weighted by Gasteiger charge is -2.30.